The molecule has 0 aromatic rings. The van der Waals surface area contributed by atoms with Crippen molar-refractivity contribution in [2.75, 3.05) is 34.0 Å². The third kappa shape index (κ3) is 6.86. The van der Waals surface area contributed by atoms with E-state index in [9.17, 15) is 4.79 Å². The van der Waals surface area contributed by atoms with E-state index in [1.54, 1.807) is 7.11 Å². The topological polar surface area (TPSA) is 44.8 Å². The molecular weight excluding hydrogens is 192 g/mol. The van der Waals surface area contributed by atoms with Crippen molar-refractivity contribution in [2.24, 2.45) is 0 Å². The van der Waals surface area contributed by atoms with E-state index in [0.29, 0.717) is 26.2 Å². The summed E-state index contributed by atoms with van der Waals surface area (Å²) in [7, 11) is 2.95. The van der Waals surface area contributed by atoms with Gasteiger partial charge in [0.25, 0.3) is 0 Å². The van der Waals surface area contributed by atoms with Gasteiger partial charge >= 0.3 is 5.97 Å². The van der Waals surface area contributed by atoms with Crippen LogP contribution in [0.1, 0.15) is 6.42 Å². The van der Waals surface area contributed by atoms with E-state index in [2.05, 4.69) is 17.4 Å². The van der Waals surface area contributed by atoms with E-state index >= 15 is 0 Å². The Kier molecular flexibility index (Phi) is 8.18. The lowest BCUT2D eigenvalue weighted by atomic mass is 10.3. The fourth-order valence-electron chi connectivity index (χ4n) is 0.693. The summed E-state index contributed by atoms with van der Waals surface area (Å²) in [5, 5.41) is -0.396. The van der Waals surface area contributed by atoms with Gasteiger partial charge in [-0.25, -0.2) is 0 Å². The predicted molar refractivity (Wildman–Crippen MR) is 52.1 cm³/mol. The molecule has 0 rings (SSSR count). The third-order valence-electron chi connectivity index (χ3n) is 1.44. The molecule has 0 N–H and O–H groups in total. The van der Waals surface area contributed by atoms with Gasteiger partial charge in [0.15, 0.2) is 0 Å². The Labute approximate surface area is 84.0 Å². The summed E-state index contributed by atoms with van der Waals surface area (Å²) in [6, 6.07) is 0. The van der Waals surface area contributed by atoms with Crippen molar-refractivity contribution in [1.29, 1.82) is 0 Å². The van der Waals surface area contributed by atoms with Gasteiger partial charge in [-0.2, -0.15) is 12.6 Å². The number of hydrogen-bond acceptors (Lipinski definition) is 5. The van der Waals surface area contributed by atoms with E-state index in [0.717, 1.165) is 0 Å². The van der Waals surface area contributed by atoms with Crippen molar-refractivity contribution in [3.8, 4) is 0 Å². The smallest absolute Gasteiger partial charge is 0.318 e. The number of rotatable bonds is 7. The highest BCUT2D eigenvalue weighted by Gasteiger charge is 2.12. The van der Waals surface area contributed by atoms with Gasteiger partial charge < -0.3 is 14.2 Å². The van der Waals surface area contributed by atoms with Crippen LogP contribution in [0.25, 0.3) is 0 Å². The first-order valence-corrected chi connectivity index (χ1v) is 4.56. The summed E-state index contributed by atoms with van der Waals surface area (Å²) in [5.41, 5.74) is 0. The van der Waals surface area contributed by atoms with E-state index in [1.807, 2.05) is 0 Å². The number of esters is 1. The van der Waals surface area contributed by atoms with Gasteiger partial charge in [0.1, 0.15) is 5.25 Å². The van der Waals surface area contributed by atoms with Gasteiger partial charge in [-0.15, -0.1) is 0 Å². The molecule has 1 atom stereocenters. The van der Waals surface area contributed by atoms with Crippen LogP contribution < -0.4 is 0 Å². The summed E-state index contributed by atoms with van der Waals surface area (Å²) in [6.45, 7) is 1.60. The van der Waals surface area contributed by atoms with Crippen LogP contribution in [0.5, 0.6) is 0 Å². The Bertz CT molecular complexity index is 140. The van der Waals surface area contributed by atoms with E-state index < -0.39 is 5.25 Å². The molecule has 78 valence electrons. The number of hydrogen-bond donors (Lipinski definition) is 1. The van der Waals surface area contributed by atoms with Gasteiger partial charge in [0.2, 0.25) is 0 Å². The van der Waals surface area contributed by atoms with Crippen LogP contribution in [-0.2, 0) is 19.0 Å². The van der Waals surface area contributed by atoms with Crippen LogP contribution >= 0.6 is 12.6 Å². The zero-order chi connectivity index (χ0) is 10.1. The lowest BCUT2D eigenvalue weighted by Crippen LogP contribution is -2.18. The highest BCUT2D eigenvalue weighted by Crippen LogP contribution is 2.03. The molecule has 0 aliphatic carbocycles. The number of carbonyl (C=O) groups is 1. The molecule has 0 radical (unpaired) electrons. The first-order valence-electron chi connectivity index (χ1n) is 4.05. The number of methoxy groups -OCH3 is 2. The first kappa shape index (κ1) is 12.7. The van der Waals surface area contributed by atoms with Crippen molar-refractivity contribution in [3.63, 3.8) is 0 Å². The van der Waals surface area contributed by atoms with Crippen molar-refractivity contribution in [2.45, 2.75) is 11.7 Å². The molecule has 0 fully saturated rings. The molecule has 0 saturated carbocycles. The molecule has 0 heterocycles. The molecule has 5 heteroatoms. The van der Waals surface area contributed by atoms with Crippen LogP contribution in [0.4, 0.5) is 0 Å². The minimum atomic E-state index is -0.396. The van der Waals surface area contributed by atoms with Gasteiger partial charge in [-0.1, -0.05) is 0 Å². The predicted octanol–water partition coefficient (Wildman–Crippen LogP) is 0.511. The summed E-state index contributed by atoms with van der Waals surface area (Å²) >= 11 is 4.04. The standard InChI is InChI=1S/C8H16O4S/c1-10-5-6-12-4-3-7(13)8(9)11-2/h7,13H,3-6H2,1-2H3. The highest BCUT2D eigenvalue weighted by atomic mass is 32.1. The maximum absolute atomic E-state index is 10.9. The van der Waals surface area contributed by atoms with Crippen LogP contribution in [0.3, 0.4) is 0 Å². The Balaban J connectivity index is 3.26. The largest absolute Gasteiger partial charge is 0.468 e. The summed E-state index contributed by atoms with van der Waals surface area (Å²) in [6.07, 6.45) is 0.555. The van der Waals surface area contributed by atoms with Gasteiger partial charge in [-0.3, -0.25) is 4.79 Å². The third-order valence-corrected chi connectivity index (χ3v) is 1.91. The molecular formula is C8H16O4S. The molecule has 0 amide bonds. The summed E-state index contributed by atoms with van der Waals surface area (Å²) < 4.78 is 14.4. The SMILES string of the molecule is COCCOCCC(S)C(=O)OC. The van der Waals surface area contributed by atoms with Crippen LogP contribution in [0.15, 0.2) is 0 Å². The van der Waals surface area contributed by atoms with Crippen molar-refractivity contribution in [3.05, 3.63) is 0 Å². The van der Waals surface area contributed by atoms with Gasteiger partial charge in [0, 0.05) is 13.7 Å². The molecule has 0 aliphatic rings. The monoisotopic (exact) mass is 208 g/mol. The molecule has 0 aromatic carbocycles. The number of thiol groups is 1. The molecule has 0 spiro atoms. The average Bonchev–Trinajstić information content (AvgIpc) is 2.16. The number of carbonyl (C=O) groups excluding carboxylic acids is 1. The Morgan fingerprint density at radius 2 is 2.00 bits per heavy atom. The highest BCUT2D eigenvalue weighted by molar-refractivity contribution is 7.81. The normalized spacial score (nSPS) is 12.5. The van der Waals surface area contributed by atoms with Crippen molar-refractivity contribution in [1.82, 2.24) is 0 Å². The second-order valence-corrected chi connectivity index (χ2v) is 3.06. The second kappa shape index (κ2) is 8.34. The summed E-state index contributed by atoms with van der Waals surface area (Å²) in [4.78, 5) is 10.9. The zero-order valence-corrected chi connectivity index (χ0v) is 8.88. The van der Waals surface area contributed by atoms with Crippen LogP contribution in [-0.4, -0.2) is 45.3 Å². The van der Waals surface area contributed by atoms with Gasteiger partial charge in [0.05, 0.1) is 20.3 Å². The minimum absolute atomic E-state index is 0.321. The Hall–Kier alpha value is -0.260. The Morgan fingerprint density at radius 3 is 2.54 bits per heavy atom. The minimum Gasteiger partial charge on any atom is -0.468 e. The maximum atomic E-state index is 10.9. The van der Waals surface area contributed by atoms with Crippen molar-refractivity contribution < 1.29 is 19.0 Å². The molecule has 4 nitrogen and oxygen atoms in total. The van der Waals surface area contributed by atoms with E-state index in [1.165, 1.54) is 7.11 Å². The molecule has 1 unspecified atom stereocenters. The van der Waals surface area contributed by atoms with Crippen molar-refractivity contribution >= 4 is 18.6 Å². The van der Waals surface area contributed by atoms with E-state index in [-0.39, 0.29) is 5.97 Å². The quantitative estimate of drug-likeness (QED) is 0.376. The maximum Gasteiger partial charge on any atom is 0.318 e. The first-order chi connectivity index (χ1) is 6.22. The second-order valence-electron chi connectivity index (χ2n) is 2.43. The van der Waals surface area contributed by atoms with E-state index in [4.69, 9.17) is 9.47 Å². The zero-order valence-electron chi connectivity index (χ0n) is 7.99. The average molecular weight is 208 g/mol. The van der Waals surface area contributed by atoms with Crippen LogP contribution in [0.2, 0.25) is 0 Å². The molecule has 13 heavy (non-hydrogen) atoms. The lowest BCUT2D eigenvalue weighted by molar-refractivity contribution is -0.140. The number of ether oxygens (including phenoxy) is 3. The molecule has 0 saturated heterocycles. The lowest BCUT2D eigenvalue weighted by Gasteiger charge is -2.08. The summed E-state index contributed by atoms with van der Waals surface area (Å²) in [5.74, 6) is -0.321. The fourth-order valence-corrected chi connectivity index (χ4v) is 0.904. The van der Waals surface area contributed by atoms with Gasteiger partial charge in [-0.05, 0) is 6.42 Å². The molecule has 0 bridgehead atoms. The molecule has 0 aliphatic heterocycles. The Morgan fingerprint density at radius 1 is 1.31 bits per heavy atom. The van der Waals surface area contributed by atoms with Crippen LogP contribution in [0, 0.1) is 0 Å². The fraction of sp³-hybridized carbons (Fsp3) is 0.875. The molecule has 0 aromatic heterocycles.